The summed E-state index contributed by atoms with van der Waals surface area (Å²) in [6.07, 6.45) is 0. The van der Waals surface area contributed by atoms with Gasteiger partial charge in [0.05, 0.1) is 23.6 Å². The number of rotatable bonds is 6. The van der Waals surface area contributed by atoms with Gasteiger partial charge >= 0.3 is 5.97 Å². The van der Waals surface area contributed by atoms with Crippen molar-refractivity contribution in [2.75, 3.05) is 11.9 Å². The number of ether oxygens (including phenoxy) is 1. The maximum atomic E-state index is 13.5. The van der Waals surface area contributed by atoms with Crippen LogP contribution in [0.2, 0.25) is 0 Å². The van der Waals surface area contributed by atoms with E-state index in [0.29, 0.717) is 28.2 Å². The number of carbonyl (C=O) groups excluding carboxylic acids is 2. The molecule has 0 unspecified atom stereocenters. The summed E-state index contributed by atoms with van der Waals surface area (Å²) in [5.41, 5.74) is 3.22. The van der Waals surface area contributed by atoms with Gasteiger partial charge in [-0.1, -0.05) is 30.3 Å². The van der Waals surface area contributed by atoms with Gasteiger partial charge in [-0.05, 0) is 55.5 Å². The van der Waals surface area contributed by atoms with Gasteiger partial charge in [0.15, 0.2) is 5.69 Å². The summed E-state index contributed by atoms with van der Waals surface area (Å²) in [6.45, 7) is 1.94. The van der Waals surface area contributed by atoms with E-state index in [4.69, 9.17) is 4.74 Å². The van der Waals surface area contributed by atoms with Crippen molar-refractivity contribution in [1.29, 1.82) is 0 Å². The van der Waals surface area contributed by atoms with Crippen LogP contribution in [0, 0.1) is 5.82 Å². The van der Waals surface area contributed by atoms with Crippen molar-refractivity contribution in [3.05, 3.63) is 101 Å². The number of esters is 1. The van der Waals surface area contributed by atoms with E-state index < -0.39 is 5.97 Å². The Balaban J connectivity index is 1.51. The Morgan fingerprint density at radius 1 is 1.03 bits per heavy atom. The lowest BCUT2D eigenvalue weighted by atomic mass is 10.1. The van der Waals surface area contributed by atoms with Gasteiger partial charge in [-0.25, -0.2) is 13.9 Å². The fourth-order valence-electron chi connectivity index (χ4n) is 3.78. The molecule has 0 saturated heterocycles. The third kappa shape index (κ3) is 4.56. The fourth-order valence-corrected chi connectivity index (χ4v) is 4.72. The fraction of sp³-hybridized carbons (Fsp3) is 0.0741. The highest BCUT2D eigenvalue weighted by atomic mass is 32.1. The number of hydrogen-bond acceptors (Lipinski definition) is 5. The molecule has 0 aliphatic carbocycles. The topological polar surface area (TPSA) is 73.2 Å². The zero-order valence-corrected chi connectivity index (χ0v) is 19.5. The quantitative estimate of drug-likeness (QED) is 0.286. The molecule has 0 spiro atoms. The Morgan fingerprint density at radius 2 is 1.83 bits per heavy atom. The molecule has 0 aliphatic heterocycles. The van der Waals surface area contributed by atoms with Crippen LogP contribution < -0.4 is 5.32 Å². The Labute approximate surface area is 204 Å². The molecule has 8 heteroatoms. The molecule has 0 aliphatic rings. The van der Waals surface area contributed by atoms with Crippen molar-refractivity contribution in [2.24, 2.45) is 0 Å². The smallest absolute Gasteiger partial charge is 0.358 e. The molecular weight excluding hydrogens is 465 g/mol. The maximum absolute atomic E-state index is 13.5. The maximum Gasteiger partial charge on any atom is 0.358 e. The Bertz CT molecular complexity index is 1540. The number of aromatic nitrogens is 2. The number of hydrogen-bond donors (Lipinski definition) is 1. The molecular formula is C27H20FN3O3S. The van der Waals surface area contributed by atoms with Crippen molar-refractivity contribution in [3.8, 4) is 16.9 Å². The second kappa shape index (κ2) is 9.52. The SMILES string of the molecule is CCOC(=O)c1cc(-c2cccc(NC(=O)c3csc4ccccc34)c2)n(-c2ccc(F)cc2)n1. The van der Waals surface area contributed by atoms with Crippen LogP contribution in [0.25, 0.3) is 27.0 Å². The molecule has 0 saturated carbocycles. The Morgan fingerprint density at radius 3 is 2.63 bits per heavy atom. The Hall–Kier alpha value is -4.30. The lowest BCUT2D eigenvalue weighted by Crippen LogP contribution is -2.11. The van der Waals surface area contributed by atoms with Gasteiger partial charge in [0.25, 0.3) is 5.91 Å². The molecule has 0 radical (unpaired) electrons. The van der Waals surface area contributed by atoms with Gasteiger partial charge in [0.1, 0.15) is 5.82 Å². The van der Waals surface area contributed by atoms with E-state index in [-0.39, 0.29) is 24.0 Å². The van der Waals surface area contributed by atoms with E-state index in [1.54, 1.807) is 41.9 Å². The van der Waals surface area contributed by atoms with Crippen LogP contribution in [-0.4, -0.2) is 28.3 Å². The second-order valence-electron chi connectivity index (χ2n) is 7.70. The van der Waals surface area contributed by atoms with E-state index >= 15 is 0 Å². The molecule has 2 aromatic heterocycles. The van der Waals surface area contributed by atoms with Gasteiger partial charge in [-0.2, -0.15) is 5.10 Å². The lowest BCUT2D eigenvalue weighted by molar-refractivity contribution is 0.0519. The molecule has 6 nitrogen and oxygen atoms in total. The second-order valence-corrected chi connectivity index (χ2v) is 8.62. The first-order chi connectivity index (χ1) is 17.0. The minimum atomic E-state index is -0.552. The molecule has 0 atom stereocenters. The number of fused-ring (bicyclic) bond motifs is 1. The summed E-state index contributed by atoms with van der Waals surface area (Å²) >= 11 is 1.52. The van der Waals surface area contributed by atoms with Gasteiger partial charge < -0.3 is 10.1 Å². The van der Waals surface area contributed by atoms with Crippen molar-refractivity contribution < 1.29 is 18.7 Å². The summed E-state index contributed by atoms with van der Waals surface area (Å²) in [6, 6.07) is 22.4. The van der Waals surface area contributed by atoms with Crippen LogP contribution >= 0.6 is 11.3 Å². The van der Waals surface area contributed by atoms with Crippen molar-refractivity contribution in [1.82, 2.24) is 9.78 Å². The predicted octanol–water partition coefficient (Wildman–Crippen LogP) is 6.32. The first-order valence-corrected chi connectivity index (χ1v) is 11.8. The molecule has 174 valence electrons. The van der Waals surface area contributed by atoms with Crippen LogP contribution in [-0.2, 0) is 4.74 Å². The van der Waals surface area contributed by atoms with Gasteiger partial charge in [0, 0.05) is 26.7 Å². The summed E-state index contributed by atoms with van der Waals surface area (Å²) in [7, 11) is 0. The molecule has 3 aromatic carbocycles. The molecule has 35 heavy (non-hydrogen) atoms. The largest absolute Gasteiger partial charge is 0.461 e. The molecule has 5 aromatic rings. The van der Waals surface area contributed by atoms with Crippen molar-refractivity contribution in [2.45, 2.75) is 6.92 Å². The number of nitrogens with zero attached hydrogens (tertiary/aromatic N) is 2. The van der Waals surface area contributed by atoms with E-state index in [0.717, 1.165) is 10.1 Å². The summed E-state index contributed by atoms with van der Waals surface area (Å²) < 4.78 is 21.2. The Kier molecular flexibility index (Phi) is 6.12. The van der Waals surface area contributed by atoms with E-state index in [9.17, 15) is 14.0 Å². The predicted molar refractivity (Wildman–Crippen MR) is 135 cm³/mol. The number of carbonyl (C=O) groups is 2. The van der Waals surface area contributed by atoms with Crippen molar-refractivity contribution in [3.63, 3.8) is 0 Å². The normalized spacial score (nSPS) is 10.9. The van der Waals surface area contributed by atoms with Crippen molar-refractivity contribution >= 4 is 39.0 Å². The summed E-state index contributed by atoms with van der Waals surface area (Å²) in [5, 5.41) is 10.1. The third-order valence-corrected chi connectivity index (χ3v) is 6.37. The minimum Gasteiger partial charge on any atom is -0.461 e. The molecule has 0 bridgehead atoms. The number of amides is 1. The average Bonchev–Trinajstić information content (AvgIpc) is 3.50. The molecule has 5 rings (SSSR count). The number of benzene rings is 3. The average molecular weight is 486 g/mol. The molecule has 2 heterocycles. The molecule has 0 fully saturated rings. The first-order valence-electron chi connectivity index (χ1n) is 10.9. The van der Waals surface area contributed by atoms with Crippen LogP contribution in [0.15, 0.2) is 84.2 Å². The number of thiophene rings is 1. The summed E-state index contributed by atoms with van der Waals surface area (Å²) in [5.74, 6) is -1.14. The van der Waals surface area contributed by atoms with Gasteiger partial charge in [-0.15, -0.1) is 11.3 Å². The van der Waals surface area contributed by atoms with Crippen LogP contribution in [0.5, 0.6) is 0 Å². The van der Waals surface area contributed by atoms with E-state index in [1.807, 2.05) is 41.8 Å². The number of anilines is 1. The highest BCUT2D eigenvalue weighted by molar-refractivity contribution is 7.17. The van der Waals surface area contributed by atoms with Crippen LogP contribution in [0.4, 0.5) is 10.1 Å². The van der Waals surface area contributed by atoms with E-state index in [2.05, 4.69) is 10.4 Å². The standard InChI is InChI=1S/C27H20FN3O3S/c1-2-34-27(33)23-15-24(31(30-23)20-12-10-18(28)11-13-20)17-6-5-7-19(14-17)29-26(32)22-16-35-25-9-4-3-8-21(22)25/h3-16H,2H2,1H3,(H,29,32). The highest BCUT2D eigenvalue weighted by Gasteiger charge is 2.19. The molecule has 1 N–H and O–H groups in total. The highest BCUT2D eigenvalue weighted by Crippen LogP contribution is 2.29. The van der Waals surface area contributed by atoms with Crippen LogP contribution in [0.3, 0.4) is 0 Å². The molecule has 1 amide bonds. The van der Waals surface area contributed by atoms with E-state index in [1.165, 1.54) is 23.5 Å². The lowest BCUT2D eigenvalue weighted by Gasteiger charge is -2.10. The minimum absolute atomic E-state index is 0.130. The third-order valence-electron chi connectivity index (χ3n) is 5.41. The first kappa shape index (κ1) is 22.5. The number of nitrogens with one attached hydrogen (secondary N) is 1. The van der Waals surface area contributed by atoms with Gasteiger partial charge in [0.2, 0.25) is 0 Å². The zero-order chi connectivity index (χ0) is 24.4. The zero-order valence-electron chi connectivity index (χ0n) is 18.7. The number of halogens is 1. The van der Waals surface area contributed by atoms with Gasteiger partial charge in [-0.3, -0.25) is 4.79 Å². The monoisotopic (exact) mass is 485 g/mol. The summed E-state index contributed by atoms with van der Waals surface area (Å²) in [4.78, 5) is 25.4. The van der Waals surface area contributed by atoms with Crippen LogP contribution in [0.1, 0.15) is 27.8 Å².